The lowest BCUT2D eigenvalue weighted by molar-refractivity contribution is -0.128. The molecule has 128 valence electrons. The number of rotatable bonds is 0. The third kappa shape index (κ3) is 2.05. The Balaban J connectivity index is 1.69. The van der Waals surface area contributed by atoms with Gasteiger partial charge in [0.05, 0.1) is 5.60 Å². The van der Waals surface area contributed by atoms with Crippen molar-refractivity contribution < 1.29 is 15.0 Å². The van der Waals surface area contributed by atoms with Gasteiger partial charge in [-0.1, -0.05) is 19.4 Å². The van der Waals surface area contributed by atoms with Gasteiger partial charge in [-0.15, -0.1) is 0 Å². The van der Waals surface area contributed by atoms with E-state index >= 15 is 0 Å². The molecule has 0 aromatic carbocycles. The number of fused-ring (bicyclic) bond motifs is 5. The number of aliphatic hydroxyl groups is 2. The SMILES string of the molecule is C[C@H]1C[C@@H]2[C@H](CC[C@@]3(C)[C@H]2CC[C@]3(C)O)[C@H]2CC(O)C(=O)C=C12. The van der Waals surface area contributed by atoms with Gasteiger partial charge in [0.1, 0.15) is 6.10 Å². The van der Waals surface area contributed by atoms with Crippen LogP contribution in [0.15, 0.2) is 11.6 Å². The first-order chi connectivity index (χ1) is 10.7. The highest BCUT2D eigenvalue weighted by molar-refractivity contribution is 5.95. The maximum Gasteiger partial charge on any atom is 0.184 e. The summed E-state index contributed by atoms with van der Waals surface area (Å²) in [5.74, 6) is 2.55. The topological polar surface area (TPSA) is 57.5 Å². The minimum absolute atomic E-state index is 0.0399. The maximum absolute atomic E-state index is 11.9. The molecule has 4 aliphatic rings. The minimum Gasteiger partial charge on any atom is -0.390 e. The lowest BCUT2D eigenvalue weighted by Gasteiger charge is -2.56. The molecule has 23 heavy (non-hydrogen) atoms. The Morgan fingerprint density at radius 2 is 1.87 bits per heavy atom. The van der Waals surface area contributed by atoms with Crippen LogP contribution in [0, 0.1) is 35.0 Å². The van der Waals surface area contributed by atoms with E-state index in [2.05, 4.69) is 13.8 Å². The molecular weight excluding hydrogens is 288 g/mol. The summed E-state index contributed by atoms with van der Waals surface area (Å²) >= 11 is 0. The Kier molecular flexibility index (Phi) is 3.39. The van der Waals surface area contributed by atoms with E-state index in [1.165, 1.54) is 5.57 Å². The Labute approximate surface area is 139 Å². The fraction of sp³-hybridized carbons (Fsp3) is 0.850. The van der Waals surface area contributed by atoms with Gasteiger partial charge in [-0.3, -0.25) is 4.79 Å². The van der Waals surface area contributed by atoms with E-state index in [0.717, 1.165) is 32.1 Å². The van der Waals surface area contributed by atoms with Crippen molar-refractivity contribution in [2.75, 3.05) is 0 Å². The molecule has 0 radical (unpaired) electrons. The Morgan fingerprint density at radius 1 is 1.13 bits per heavy atom. The van der Waals surface area contributed by atoms with Crippen LogP contribution in [0.1, 0.15) is 59.3 Å². The predicted octanol–water partition coefficient (Wildman–Crippen LogP) is 3.10. The second-order valence-electron chi connectivity index (χ2n) is 9.24. The largest absolute Gasteiger partial charge is 0.390 e. The highest BCUT2D eigenvalue weighted by Crippen LogP contribution is 2.65. The number of ketones is 1. The summed E-state index contributed by atoms with van der Waals surface area (Å²) < 4.78 is 0. The van der Waals surface area contributed by atoms with E-state index < -0.39 is 11.7 Å². The molecule has 3 nitrogen and oxygen atoms in total. The molecule has 3 fully saturated rings. The zero-order valence-corrected chi connectivity index (χ0v) is 14.6. The highest BCUT2D eigenvalue weighted by Gasteiger charge is 2.61. The van der Waals surface area contributed by atoms with Crippen LogP contribution >= 0.6 is 0 Å². The maximum atomic E-state index is 11.9. The molecule has 2 N–H and O–H groups in total. The van der Waals surface area contributed by atoms with Crippen LogP contribution in [0.3, 0.4) is 0 Å². The lowest BCUT2D eigenvalue weighted by Crippen LogP contribution is -2.53. The summed E-state index contributed by atoms with van der Waals surface area (Å²) in [6, 6.07) is 0. The number of allylic oxidation sites excluding steroid dienone is 1. The first kappa shape index (κ1) is 15.8. The number of carbonyl (C=O) groups is 1. The van der Waals surface area contributed by atoms with Crippen LogP contribution in [-0.2, 0) is 4.79 Å². The van der Waals surface area contributed by atoms with Crippen molar-refractivity contribution in [1.29, 1.82) is 0 Å². The average Bonchev–Trinajstić information content (AvgIpc) is 2.72. The van der Waals surface area contributed by atoms with Crippen LogP contribution in [0.4, 0.5) is 0 Å². The molecule has 0 bridgehead atoms. The van der Waals surface area contributed by atoms with Gasteiger partial charge in [0.15, 0.2) is 5.78 Å². The van der Waals surface area contributed by atoms with E-state index in [9.17, 15) is 15.0 Å². The summed E-state index contributed by atoms with van der Waals surface area (Å²) in [6.45, 7) is 6.59. The molecule has 0 aliphatic heterocycles. The molecular formula is C20H30O3. The zero-order valence-electron chi connectivity index (χ0n) is 14.6. The van der Waals surface area contributed by atoms with Gasteiger partial charge in [-0.05, 0) is 86.5 Å². The van der Waals surface area contributed by atoms with Crippen molar-refractivity contribution in [2.24, 2.45) is 35.0 Å². The molecule has 0 heterocycles. The molecule has 1 unspecified atom stereocenters. The van der Waals surface area contributed by atoms with Gasteiger partial charge in [0, 0.05) is 0 Å². The van der Waals surface area contributed by atoms with Gasteiger partial charge in [0.25, 0.3) is 0 Å². The van der Waals surface area contributed by atoms with Gasteiger partial charge in [0.2, 0.25) is 0 Å². The van der Waals surface area contributed by atoms with Gasteiger partial charge < -0.3 is 10.2 Å². The van der Waals surface area contributed by atoms with Gasteiger partial charge in [-0.2, -0.15) is 0 Å². The van der Waals surface area contributed by atoms with Crippen LogP contribution in [0.5, 0.6) is 0 Å². The molecule has 4 aliphatic carbocycles. The predicted molar refractivity (Wildman–Crippen MR) is 88.7 cm³/mol. The molecule has 0 saturated heterocycles. The van der Waals surface area contributed by atoms with Crippen molar-refractivity contribution in [1.82, 2.24) is 0 Å². The number of hydrogen-bond acceptors (Lipinski definition) is 3. The van der Waals surface area contributed by atoms with Crippen molar-refractivity contribution >= 4 is 5.78 Å². The van der Waals surface area contributed by atoms with E-state index in [-0.39, 0.29) is 11.2 Å². The fourth-order valence-electron chi connectivity index (χ4n) is 6.73. The molecule has 3 heteroatoms. The average molecular weight is 318 g/mol. The van der Waals surface area contributed by atoms with E-state index in [4.69, 9.17) is 0 Å². The Hall–Kier alpha value is -0.670. The fourth-order valence-corrected chi connectivity index (χ4v) is 6.73. The molecule has 3 saturated carbocycles. The molecule has 0 amide bonds. The normalized spacial score (nSPS) is 55.7. The molecule has 8 atom stereocenters. The van der Waals surface area contributed by atoms with Gasteiger partial charge >= 0.3 is 0 Å². The van der Waals surface area contributed by atoms with Crippen molar-refractivity contribution in [3.63, 3.8) is 0 Å². The van der Waals surface area contributed by atoms with Crippen LogP contribution in [-0.4, -0.2) is 27.7 Å². The first-order valence-electron chi connectivity index (χ1n) is 9.40. The van der Waals surface area contributed by atoms with Crippen LogP contribution in [0.25, 0.3) is 0 Å². The number of aliphatic hydroxyl groups excluding tert-OH is 1. The Morgan fingerprint density at radius 3 is 2.61 bits per heavy atom. The first-order valence-corrected chi connectivity index (χ1v) is 9.40. The summed E-state index contributed by atoms with van der Waals surface area (Å²) in [6.07, 6.45) is 6.98. The van der Waals surface area contributed by atoms with Crippen LogP contribution in [0.2, 0.25) is 0 Å². The number of hydrogen-bond donors (Lipinski definition) is 2. The zero-order chi connectivity index (χ0) is 16.6. The summed E-state index contributed by atoms with van der Waals surface area (Å²) in [5.41, 5.74) is 0.803. The quantitative estimate of drug-likeness (QED) is 0.721. The third-order valence-electron chi connectivity index (χ3n) is 8.31. The summed E-state index contributed by atoms with van der Waals surface area (Å²) in [7, 11) is 0. The summed E-state index contributed by atoms with van der Waals surface area (Å²) in [5, 5.41) is 21.0. The smallest absolute Gasteiger partial charge is 0.184 e. The number of carbonyl (C=O) groups excluding carboxylic acids is 1. The molecule has 4 rings (SSSR count). The van der Waals surface area contributed by atoms with Gasteiger partial charge in [-0.25, -0.2) is 0 Å². The molecule has 0 spiro atoms. The minimum atomic E-state index is -0.797. The van der Waals surface area contributed by atoms with E-state index in [1.54, 1.807) is 6.08 Å². The van der Waals surface area contributed by atoms with Crippen molar-refractivity contribution in [3.8, 4) is 0 Å². The second-order valence-corrected chi connectivity index (χ2v) is 9.24. The van der Waals surface area contributed by atoms with E-state index in [0.29, 0.717) is 36.0 Å². The lowest BCUT2D eigenvalue weighted by atomic mass is 9.49. The Bertz CT molecular complexity index is 563. The van der Waals surface area contributed by atoms with Crippen molar-refractivity contribution in [3.05, 3.63) is 11.6 Å². The standard InChI is InChI=1S/C20H30O3/c1-11-8-15-12(14-10-18(22)17(21)9-13(11)14)4-6-19(2)16(15)5-7-20(19,3)23/h9,11-12,14-16,18,22-23H,4-8,10H2,1-3H3/t11-,12+,14+,15+,16-,18?,19-,20-/m0/s1. The van der Waals surface area contributed by atoms with E-state index in [1.807, 2.05) is 6.92 Å². The second kappa shape index (κ2) is 4.92. The monoisotopic (exact) mass is 318 g/mol. The molecule has 0 aromatic rings. The van der Waals surface area contributed by atoms with Crippen LogP contribution < -0.4 is 0 Å². The van der Waals surface area contributed by atoms with Crippen molar-refractivity contribution in [2.45, 2.75) is 71.0 Å². The highest BCUT2D eigenvalue weighted by atomic mass is 16.3. The third-order valence-corrected chi connectivity index (χ3v) is 8.31. The molecule has 0 aromatic heterocycles. The summed E-state index contributed by atoms with van der Waals surface area (Å²) in [4.78, 5) is 11.9.